The van der Waals surface area contributed by atoms with E-state index in [9.17, 15) is 4.79 Å². The Morgan fingerprint density at radius 1 is 1.29 bits per heavy atom. The molecule has 0 unspecified atom stereocenters. The van der Waals surface area contributed by atoms with Gasteiger partial charge in [-0.25, -0.2) is 9.50 Å². The van der Waals surface area contributed by atoms with Crippen molar-refractivity contribution in [1.82, 2.24) is 14.6 Å². The number of carbonyl (C=O) groups is 1. The molecule has 6 nitrogen and oxygen atoms in total. The summed E-state index contributed by atoms with van der Waals surface area (Å²) in [4.78, 5) is 19.1. The second kappa shape index (κ2) is 6.31. The molecule has 0 radical (unpaired) electrons. The summed E-state index contributed by atoms with van der Waals surface area (Å²) < 4.78 is 1.62. The summed E-state index contributed by atoms with van der Waals surface area (Å²) in [7, 11) is 2.03. The van der Waals surface area contributed by atoms with Crippen LogP contribution in [0.15, 0.2) is 42.7 Å². The van der Waals surface area contributed by atoms with Crippen LogP contribution in [0, 0.1) is 6.92 Å². The Bertz CT molecular complexity index is 884. The first-order chi connectivity index (χ1) is 11.5. The Kier molecular flexibility index (Phi) is 4.20. The Morgan fingerprint density at radius 2 is 2.08 bits per heavy atom. The normalized spacial score (nSPS) is 11.0. The van der Waals surface area contributed by atoms with Gasteiger partial charge in [0, 0.05) is 36.9 Å². The molecule has 1 N–H and O–H groups in total. The average molecular weight is 323 g/mol. The van der Waals surface area contributed by atoms with Crippen LogP contribution in [0.2, 0.25) is 0 Å². The lowest BCUT2D eigenvalue weighted by molar-refractivity contribution is 0.102. The van der Waals surface area contributed by atoms with Gasteiger partial charge in [0.15, 0.2) is 5.65 Å². The van der Waals surface area contributed by atoms with Crippen LogP contribution in [-0.2, 0) is 0 Å². The summed E-state index contributed by atoms with van der Waals surface area (Å²) in [6.45, 7) is 6.06. The zero-order valence-electron chi connectivity index (χ0n) is 14.3. The summed E-state index contributed by atoms with van der Waals surface area (Å²) in [6.07, 6.45) is 3.44. The molecule has 24 heavy (non-hydrogen) atoms. The van der Waals surface area contributed by atoms with E-state index in [4.69, 9.17) is 0 Å². The first-order valence-corrected chi connectivity index (χ1v) is 7.91. The number of benzene rings is 1. The molecule has 0 aliphatic heterocycles. The first-order valence-electron chi connectivity index (χ1n) is 7.91. The molecular formula is C18H21N5O. The third kappa shape index (κ3) is 2.95. The van der Waals surface area contributed by atoms with Crippen LogP contribution in [0.3, 0.4) is 0 Å². The van der Waals surface area contributed by atoms with E-state index >= 15 is 0 Å². The fourth-order valence-electron chi connectivity index (χ4n) is 2.56. The van der Waals surface area contributed by atoms with Crippen LogP contribution in [0.25, 0.3) is 5.65 Å². The maximum atomic E-state index is 12.7. The van der Waals surface area contributed by atoms with E-state index in [1.807, 2.05) is 38.2 Å². The van der Waals surface area contributed by atoms with Crippen LogP contribution in [0.4, 0.5) is 11.4 Å². The third-order valence-corrected chi connectivity index (χ3v) is 4.08. The maximum absolute atomic E-state index is 12.7. The van der Waals surface area contributed by atoms with Gasteiger partial charge in [-0.1, -0.05) is 6.07 Å². The minimum atomic E-state index is -0.203. The van der Waals surface area contributed by atoms with E-state index in [2.05, 4.69) is 34.1 Å². The summed E-state index contributed by atoms with van der Waals surface area (Å²) in [6, 6.07) is 9.97. The van der Waals surface area contributed by atoms with Crippen LogP contribution in [-0.4, -0.2) is 33.6 Å². The third-order valence-electron chi connectivity index (χ3n) is 4.08. The number of anilines is 2. The lowest BCUT2D eigenvalue weighted by Crippen LogP contribution is -2.25. The highest BCUT2D eigenvalue weighted by molar-refractivity contribution is 6.09. The van der Waals surface area contributed by atoms with Gasteiger partial charge in [-0.3, -0.25) is 4.79 Å². The van der Waals surface area contributed by atoms with Crippen molar-refractivity contribution in [1.29, 1.82) is 0 Å². The van der Waals surface area contributed by atoms with Crippen molar-refractivity contribution in [2.75, 3.05) is 17.3 Å². The molecule has 124 valence electrons. The predicted octanol–water partition coefficient (Wildman–Crippen LogP) is 3.13. The molecule has 0 saturated heterocycles. The van der Waals surface area contributed by atoms with Gasteiger partial charge in [0.2, 0.25) is 0 Å². The molecule has 0 spiro atoms. The molecule has 0 atom stereocenters. The number of rotatable bonds is 4. The summed E-state index contributed by atoms with van der Waals surface area (Å²) in [5.74, 6) is -0.203. The molecule has 1 aromatic carbocycles. The number of nitrogens with one attached hydrogen (secondary N) is 1. The van der Waals surface area contributed by atoms with Gasteiger partial charge in [-0.2, -0.15) is 5.10 Å². The molecule has 1 amide bonds. The number of nitrogens with zero attached hydrogens (tertiary/aromatic N) is 4. The second-order valence-corrected chi connectivity index (χ2v) is 6.06. The standard InChI is InChI=1S/C18H21N5O/c1-12(2)22(4)15-8-5-7-14(11-15)20-18(24)16-13(3)21-23-10-6-9-19-17(16)23/h5-12H,1-4H3,(H,20,24). The van der Waals surface area contributed by atoms with Crippen molar-refractivity contribution >= 4 is 22.9 Å². The van der Waals surface area contributed by atoms with E-state index < -0.39 is 0 Å². The van der Waals surface area contributed by atoms with Crippen LogP contribution >= 0.6 is 0 Å². The molecule has 3 aromatic rings. The van der Waals surface area contributed by atoms with Crippen molar-refractivity contribution < 1.29 is 4.79 Å². The predicted molar refractivity (Wildman–Crippen MR) is 95.7 cm³/mol. The Balaban J connectivity index is 1.89. The van der Waals surface area contributed by atoms with Crippen molar-refractivity contribution in [3.05, 3.63) is 54.0 Å². The van der Waals surface area contributed by atoms with Crippen LogP contribution in [0.5, 0.6) is 0 Å². The average Bonchev–Trinajstić information content (AvgIpc) is 2.90. The minimum Gasteiger partial charge on any atom is -0.372 e. The fraction of sp³-hybridized carbons (Fsp3) is 0.278. The smallest absolute Gasteiger partial charge is 0.261 e. The molecule has 6 heteroatoms. The van der Waals surface area contributed by atoms with Gasteiger partial charge < -0.3 is 10.2 Å². The Morgan fingerprint density at radius 3 is 2.83 bits per heavy atom. The minimum absolute atomic E-state index is 0.203. The summed E-state index contributed by atoms with van der Waals surface area (Å²) >= 11 is 0. The van der Waals surface area contributed by atoms with E-state index in [0.29, 0.717) is 22.9 Å². The van der Waals surface area contributed by atoms with Gasteiger partial charge in [-0.05, 0) is 45.0 Å². The molecule has 0 bridgehead atoms. The molecular weight excluding hydrogens is 302 g/mol. The maximum Gasteiger partial charge on any atom is 0.261 e. The SMILES string of the molecule is Cc1nn2cccnc2c1C(=O)Nc1cccc(N(C)C(C)C)c1. The van der Waals surface area contributed by atoms with E-state index in [1.165, 1.54) is 0 Å². The second-order valence-electron chi connectivity index (χ2n) is 6.06. The van der Waals surface area contributed by atoms with Crippen LogP contribution in [0.1, 0.15) is 29.9 Å². The highest BCUT2D eigenvalue weighted by atomic mass is 16.1. The Hall–Kier alpha value is -2.89. The molecule has 2 heterocycles. The molecule has 0 aliphatic carbocycles. The van der Waals surface area contributed by atoms with Crippen molar-refractivity contribution in [3.63, 3.8) is 0 Å². The van der Waals surface area contributed by atoms with Crippen molar-refractivity contribution in [3.8, 4) is 0 Å². The van der Waals surface area contributed by atoms with E-state index in [-0.39, 0.29) is 5.91 Å². The lowest BCUT2D eigenvalue weighted by Gasteiger charge is -2.24. The number of hydrogen-bond donors (Lipinski definition) is 1. The molecule has 3 rings (SSSR count). The highest BCUT2D eigenvalue weighted by Crippen LogP contribution is 2.21. The van der Waals surface area contributed by atoms with E-state index in [1.54, 1.807) is 23.0 Å². The lowest BCUT2D eigenvalue weighted by atomic mass is 10.2. The number of amides is 1. The van der Waals surface area contributed by atoms with E-state index in [0.717, 1.165) is 11.4 Å². The van der Waals surface area contributed by atoms with Gasteiger partial charge in [0.25, 0.3) is 5.91 Å². The van der Waals surface area contributed by atoms with Gasteiger partial charge >= 0.3 is 0 Å². The molecule has 2 aromatic heterocycles. The monoisotopic (exact) mass is 323 g/mol. The van der Waals surface area contributed by atoms with Gasteiger partial charge in [0.1, 0.15) is 5.56 Å². The molecule has 0 saturated carbocycles. The number of carbonyl (C=O) groups excluding carboxylic acids is 1. The fourth-order valence-corrected chi connectivity index (χ4v) is 2.56. The number of aromatic nitrogens is 3. The summed E-state index contributed by atoms with van der Waals surface area (Å²) in [5.41, 5.74) is 3.51. The van der Waals surface area contributed by atoms with Crippen molar-refractivity contribution in [2.24, 2.45) is 0 Å². The first kappa shape index (κ1) is 16.0. The zero-order chi connectivity index (χ0) is 17.3. The topological polar surface area (TPSA) is 62.5 Å². The molecule has 0 fully saturated rings. The van der Waals surface area contributed by atoms with Crippen molar-refractivity contribution in [2.45, 2.75) is 26.8 Å². The largest absolute Gasteiger partial charge is 0.372 e. The molecule has 0 aliphatic rings. The van der Waals surface area contributed by atoms with Gasteiger partial charge in [-0.15, -0.1) is 0 Å². The highest BCUT2D eigenvalue weighted by Gasteiger charge is 2.18. The van der Waals surface area contributed by atoms with Crippen LogP contribution < -0.4 is 10.2 Å². The number of aryl methyl sites for hydroxylation is 1. The quantitative estimate of drug-likeness (QED) is 0.801. The number of hydrogen-bond acceptors (Lipinski definition) is 4. The zero-order valence-corrected chi connectivity index (χ0v) is 14.3. The van der Waals surface area contributed by atoms with Gasteiger partial charge in [0.05, 0.1) is 5.69 Å². The number of fused-ring (bicyclic) bond motifs is 1. The summed E-state index contributed by atoms with van der Waals surface area (Å²) in [5, 5.41) is 7.28. The Labute approximate surface area is 141 Å².